The van der Waals surface area contributed by atoms with E-state index in [-0.39, 0.29) is 6.61 Å². The largest absolute Gasteiger partial charge is 0.493 e. The fraction of sp³-hybridized carbons (Fsp3) is 0.161. The van der Waals surface area contributed by atoms with E-state index in [1.54, 1.807) is 19.1 Å². The quantitative estimate of drug-likeness (QED) is 0.220. The van der Waals surface area contributed by atoms with Gasteiger partial charge in [-0.1, -0.05) is 78.9 Å². The number of nitrogens with zero attached hydrogens (tertiary/aromatic N) is 1. The van der Waals surface area contributed by atoms with E-state index >= 15 is 0 Å². The van der Waals surface area contributed by atoms with Crippen molar-refractivity contribution in [2.45, 2.75) is 26.1 Å². The lowest BCUT2D eigenvalue weighted by molar-refractivity contribution is -0.167. The highest BCUT2D eigenvalue weighted by Gasteiger charge is 2.39. The summed E-state index contributed by atoms with van der Waals surface area (Å²) in [4.78, 5) is 12.6. The van der Waals surface area contributed by atoms with Gasteiger partial charge in [-0.3, -0.25) is 4.58 Å². The third kappa shape index (κ3) is 4.84. The molecule has 38 heavy (non-hydrogen) atoms. The van der Waals surface area contributed by atoms with Gasteiger partial charge in [-0.2, -0.15) is 4.68 Å². The summed E-state index contributed by atoms with van der Waals surface area (Å²) in [5.74, 6) is -0.692. The Bertz CT molecular complexity index is 1580. The van der Waals surface area contributed by atoms with Crippen molar-refractivity contribution in [2.24, 2.45) is 0 Å². The second kappa shape index (κ2) is 10.8. The fourth-order valence-corrected chi connectivity index (χ4v) is 4.47. The molecule has 0 aliphatic rings. The van der Waals surface area contributed by atoms with E-state index in [2.05, 4.69) is 5.16 Å². The van der Waals surface area contributed by atoms with Crippen LogP contribution in [0.25, 0.3) is 33.0 Å². The molecule has 0 saturated heterocycles. The maximum absolute atomic E-state index is 12.6. The number of rotatable bonds is 8. The van der Waals surface area contributed by atoms with Crippen LogP contribution in [0.1, 0.15) is 25.0 Å². The summed E-state index contributed by atoms with van der Waals surface area (Å²) in [6.07, 6.45) is 0. The summed E-state index contributed by atoms with van der Waals surface area (Å²) in [7, 11) is 0. The van der Waals surface area contributed by atoms with Gasteiger partial charge in [0.25, 0.3) is 0 Å². The average Bonchev–Trinajstić information content (AvgIpc) is 2.93. The van der Waals surface area contributed by atoms with E-state index in [1.165, 1.54) is 0 Å². The Morgan fingerprint density at radius 1 is 0.921 bits per heavy atom. The van der Waals surface area contributed by atoms with Gasteiger partial charge in [0.15, 0.2) is 11.2 Å². The molecule has 5 rings (SSSR count). The van der Waals surface area contributed by atoms with Crippen molar-refractivity contribution >= 4 is 27.8 Å². The molecule has 1 N–H and O–H groups in total. The first-order valence-corrected chi connectivity index (χ1v) is 12.3. The molecule has 1 atom stereocenters. The Balaban J connectivity index is 1.71. The number of aliphatic carboxylic acids is 1. The third-order valence-corrected chi connectivity index (χ3v) is 6.45. The smallest absolute Gasteiger partial charge is 0.340 e. The van der Waals surface area contributed by atoms with Crippen LogP contribution in [0.2, 0.25) is 0 Å². The number of benzene rings is 4. The number of carboxylic acid groups (broad SMARTS) is 1. The number of carboxylic acids is 1. The Kier molecular flexibility index (Phi) is 7.11. The second-order valence-electron chi connectivity index (χ2n) is 8.89. The molecule has 0 amide bonds. The van der Waals surface area contributed by atoms with Crippen LogP contribution in [0.4, 0.5) is 0 Å². The zero-order valence-electron chi connectivity index (χ0n) is 21.1. The topological polar surface area (TPSA) is 94.9 Å². The molecule has 1 heterocycles. The number of aromatic nitrogens is 1. The molecular formula is C31H27NO6. The van der Waals surface area contributed by atoms with Crippen molar-refractivity contribution in [2.75, 3.05) is 6.61 Å². The Morgan fingerprint density at radius 2 is 1.63 bits per heavy atom. The molecule has 0 radical (unpaired) electrons. The number of fused-ring (bicyclic) bond motifs is 2. The van der Waals surface area contributed by atoms with Crippen LogP contribution in [-0.4, -0.2) is 22.8 Å². The number of ether oxygens (including phenoxy) is 2. The minimum absolute atomic E-state index is 0.133. The van der Waals surface area contributed by atoms with E-state index < -0.39 is 11.6 Å². The van der Waals surface area contributed by atoms with E-state index in [1.807, 2.05) is 91.9 Å². The van der Waals surface area contributed by atoms with E-state index in [4.69, 9.17) is 18.7 Å². The molecule has 0 saturated carbocycles. The Hall–Kier alpha value is -4.62. The molecule has 192 valence electrons. The highest BCUT2D eigenvalue weighted by Crippen LogP contribution is 2.40. The molecule has 7 nitrogen and oxygen atoms in total. The van der Waals surface area contributed by atoms with E-state index in [9.17, 15) is 9.90 Å². The lowest BCUT2D eigenvalue weighted by atomic mass is 9.90. The number of hydrogen-bond acceptors (Lipinski definition) is 6. The molecule has 0 aliphatic carbocycles. The molecule has 0 spiro atoms. The van der Waals surface area contributed by atoms with Crippen molar-refractivity contribution in [1.82, 2.24) is 5.16 Å². The summed E-state index contributed by atoms with van der Waals surface area (Å²) < 4.78 is 22.7. The normalized spacial score (nSPS) is 12.7. The van der Waals surface area contributed by atoms with Crippen molar-refractivity contribution in [3.8, 4) is 16.9 Å². The van der Waals surface area contributed by atoms with Crippen LogP contribution in [0.15, 0.2) is 106 Å². The fourth-order valence-electron chi connectivity index (χ4n) is 4.47. The minimum atomic E-state index is -1.65. The summed E-state index contributed by atoms with van der Waals surface area (Å²) in [6, 6.07) is 30.0. The van der Waals surface area contributed by atoms with Crippen molar-refractivity contribution < 1.29 is 28.6 Å². The standard InChI is InChI=1S/C31H27NO6/c1-3-35-28-19-22(17-18-25(28)31(2,30(33)34)36-20-21-11-5-4-6-12-21)29-23-13-7-9-15-26(23)32-38-37-27-16-10-8-14-24(27)29/h4-19H,3,20H2,1-2H3,(H,33,34). The average molecular weight is 510 g/mol. The van der Waals surface area contributed by atoms with Gasteiger partial charge < -0.3 is 14.6 Å². The predicted octanol–water partition coefficient (Wildman–Crippen LogP) is 7.28. The monoisotopic (exact) mass is 509 g/mol. The van der Waals surface area contributed by atoms with Crippen molar-refractivity contribution in [1.29, 1.82) is 0 Å². The summed E-state index contributed by atoms with van der Waals surface area (Å²) in [5, 5.41) is 16.0. The lowest BCUT2D eigenvalue weighted by Crippen LogP contribution is -2.36. The molecule has 0 bridgehead atoms. The molecular weight excluding hydrogens is 482 g/mol. The first kappa shape index (κ1) is 25.0. The van der Waals surface area contributed by atoms with Crippen LogP contribution in [0.5, 0.6) is 5.75 Å². The van der Waals surface area contributed by atoms with Crippen molar-refractivity contribution in [3.63, 3.8) is 0 Å². The van der Waals surface area contributed by atoms with Gasteiger partial charge in [0.2, 0.25) is 0 Å². The molecule has 7 heteroatoms. The van der Waals surface area contributed by atoms with Gasteiger partial charge in [-0.25, -0.2) is 4.79 Å². The number of carbonyl (C=O) groups is 1. The van der Waals surface area contributed by atoms with E-state index in [0.717, 1.165) is 27.5 Å². The Labute approximate surface area is 219 Å². The second-order valence-corrected chi connectivity index (χ2v) is 8.89. The highest BCUT2D eigenvalue weighted by molar-refractivity contribution is 6.06. The predicted molar refractivity (Wildman–Crippen MR) is 144 cm³/mol. The van der Waals surface area contributed by atoms with Crippen LogP contribution < -0.4 is 4.74 Å². The highest BCUT2D eigenvalue weighted by atomic mass is 17.0. The molecule has 1 unspecified atom stereocenters. The minimum Gasteiger partial charge on any atom is -0.493 e. The lowest BCUT2D eigenvalue weighted by Gasteiger charge is -2.28. The van der Waals surface area contributed by atoms with Gasteiger partial charge >= 0.3 is 5.97 Å². The first-order chi connectivity index (χ1) is 18.5. The molecule has 0 aliphatic heterocycles. The van der Waals surface area contributed by atoms with Crippen molar-refractivity contribution in [3.05, 3.63) is 108 Å². The molecule has 1 aromatic heterocycles. The van der Waals surface area contributed by atoms with Gasteiger partial charge in [-0.15, -0.1) is 0 Å². The molecule has 0 fully saturated rings. The van der Waals surface area contributed by atoms with Gasteiger partial charge in [0, 0.05) is 21.9 Å². The number of para-hydroxylation sites is 1. The summed E-state index contributed by atoms with van der Waals surface area (Å²) in [6.45, 7) is 3.89. The maximum atomic E-state index is 12.6. The zero-order valence-corrected chi connectivity index (χ0v) is 21.1. The van der Waals surface area contributed by atoms with Gasteiger partial charge in [0.1, 0.15) is 11.3 Å². The van der Waals surface area contributed by atoms with Crippen LogP contribution in [0.3, 0.4) is 0 Å². The third-order valence-electron chi connectivity index (χ3n) is 6.45. The molecule has 4 aromatic carbocycles. The Morgan fingerprint density at radius 3 is 2.39 bits per heavy atom. The zero-order chi connectivity index (χ0) is 26.5. The summed E-state index contributed by atoms with van der Waals surface area (Å²) >= 11 is 0. The van der Waals surface area contributed by atoms with E-state index in [0.29, 0.717) is 29.0 Å². The van der Waals surface area contributed by atoms with Gasteiger partial charge in [-0.05, 0) is 48.3 Å². The maximum Gasteiger partial charge on any atom is 0.340 e. The van der Waals surface area contributed by atoms with Crippen LogP contribution >= 0.6 is 0 Å². The summed E-state index contributed by atoms with van der Waals surface area (Å²) in [5.41, 5.74) is 2.39. The molecule has 5 aromatic rings. The van der Waals surface area contributed by atoms with Crippen LogP contribution in [0, 0.1) is 0 Å². The number of hydrogen-bond donors (Lipinski definition) is 1. The van der Waals surface area contributed by atoms with Crippen LogP contribution in [-0.2, 0) is 21.7 Å². The SMILES string of the molecule is CCOc1cc(-c2c3ccccc3nooc3ccccc23)ccc1C(C)(OCc1ccccc1)C(=O)O. The first-order valence-electron chi connectivity index (χ1n) is 12.3. The van der Waals surface area contributed by atoms with Gasteiger partial charge in [0.05, 0.1) is 13.2 Å².